The van der Waals surface area contributed by atoms with Gasteiger partial charge in [-0.05, 0) is 48.5 Å². The Kier molecular flexibility index (Phi) is 8.97. The van der Waals surface area contributed by atoms with Crippen molar-refractivity contribution < 1.29 is 34.0 Å². The van der Waals surface area contributed by atoms with E-state index in [0.29, 0.717) is 33.6 Å². The molecule has 0 saturated carbocycles. The number of ether oxygens (including phenoxy) is 3. The maximum atomic E-state index is 13.2. The van der Waals surface area contributed by atoms with Crippen molar-refractivity contribution >= 4 is 23.6 Å². The van der Waals surface area contributed by atoms with Gasteiger partial charge in [-0.25, -0.2) is 9.59 Å². The second-order valence-electron chi connectivity index (χ2n) is 10.2. The molecule has 6 aromatic carbocycles. The summed E-state index contributed by atoms with van der Waals surface area (Å²) in [6.07, 6.45) is -1.60. The van der Waals surface area contributed by atoms with Gasteiger partial charge in [-0.1, -0.05) is 97.1 Å². The van der Waals surface area contributed by atoms with E-state index >= 15 is 0 Å². The number of para-hydroxylation sites is 6. The first-order valence-corrected chi connectivity index (χ1v) is 14.5. The second-order valence-corrected chi connectivity index (χ2v) is 10.2. The number of hydrogen-bond donors (Lipinski definition) is 4. The van der Waals surface area contributed by atoms with Gasteiger partial charge in [0.1, 0.15) is 11.5 Å². The van der Waals surface area contributed by atoms with Crippen molar-refractivity contribution in [2.75, 3.05) is 10.6 Å². The summed E-state index contributed by atoms with van der Waals surface area (Å²) in [7, 11) is 0. The van der Waals surface area contributed by atoms with Crippen LogP contribution in [0.3, 0.4) is 0 Å². The van der Waals surface area contributed by atoms with Crippen molar-refractivity contribution in [3.63, 3.8) is 0 Å². The number of anilines is 2. The molecule has 0 heterocycles. The molecule has 0 aliphatic rings. The average Bonchev–Trinajstić information content (AvgIpc) is 3.08. The molecule has 0 aliphatic carbocycles. The van der Waals surface area contributed by atoms with Gasteiger partial charge in [-0.3, -0.25) is 10.6 Å². The quantitative estimate of drug-likeness (QED) is 0.133. The normalized spacial score (nSPS) is 10.5. The van der Waals surface area contributed by atoms with Crippen LogP contribution < -0.4 is 24.8 Å². The molecular formula is C38H28N2O7. The molecule has 0 aliphatic heterocycles. The number of nitrogens with one attached hydrogen (secondary N) is 2. The fraction of sp³-hybridized carbons (Fsp3) is 0. The highest BCUT2D eigenvalue weighted by molar-refractivity contribution is 5.91. The highest BCUT2D eigenvalue weighted by Gasteiger charge is 2.23. The minimum absolute atomic E-state index is 0.00456. The number of hydrogen-bond acceptors (Lipinski definition) is 7. The second kappa shape index (κ2) is 13.9. The molecular weight excluding hydrogens is 596 g/mol. The first kappa shape index (κ1) is 30.3. The zero-order valence-corrected chi connectivity index (χ0v) is 24.8. The van der Waals surface area contributed by atoms with Gasteiger partial charge in [-0.2, -0.15) is 0 Å². The number of benzene rings is 6. The molecule has 0 fully saturated rings. The minimum atomic E-state index is -0.800. The lowest BCUT2D eigenvalue weighted by Crippen LogP contribution is -2.18. The summed E-state index contributed by atoms with van der Waals surface area (Å²) >= 11 is 0. The summed E-state index contributed by atoms with van der Waals surface area (Å²) in [5, 5.41) is 26.8. The van der Waals surface area contributed by atoms with Crippen LogP contribution in [0.1, 0.15) is 0 Å². The summed E-state index contributed by atoms with van der Waals surface area (Å²) in [5.74, 6) is 0.0702. The Morgan fingerprint density at radius 3 is 1.19 bits per heavy atom. The molecule has 0 bridgehead atoms. The van der Waals surface area contributed by atoms with E-state index < -0.39 is 12.2 Å². The highest BCUT2D eigenvalue weighted by Crippen LogP contribution is 2.47. The Morgan fingerprint density at radius 1 is 0.426 bits per heavy atom. The minimum Gasteiger partial charge on any atom is -0.507 e. The van der Waals surface area contributed by atoms with Gasteiger partial charge in [-0.15, -0.1) is 0 Å². The van der Waals surface area contributed by atoms with E-state index in [2.05, 4.69) is 10.6 Å². The van der Waals surface area contributed by atoms with Gasteiger partial charge in [0.2, 0.25) is 0 Å². The molecule has 0 saturated heterocycles. The van der Waals surface area contributed by atoms with E-state index in [-0.39, 0.29) is 34.5 Å². The smallest absolute Gasteiger partial charge is 0.417 e. The average molecular weight is 625 g/mol. The lowest BCUT2D eigenvalue weighted by molar-refractivity contribution is 0.212. The Hall–Kier alpha value is -6.74. The van der Waals surface area contributed by atoms with Crippen molar-refractivity contribution in [1.29, 1.82) is 0 Å². The van der Waals surface area contributed by atoms with Crippen LogP contribution in [-0.4, -0.2) is 22.4 Å². The number of amides is 2. The first-order valence-electron chi connectivity index (χ1n) is 14.5. The van der Waals surface area contributed by atoms with Crippen LogP contribution in [0, 0.1) is 0 Å². The monoisotopic (exact) mass is 624 g/mol. The van der Waals surface area contributed by atoms with Crippen LogP contribution in [0.25, 0.3) is 22.3 Å². The Morgan fingerprint density at radius 2 is 0.787 bits per heavy atom. The summed E-state index contributed by atoms with van der Waals surface area (Å²) < 4.78 is 18.1. The van der Waals surface area contributed by atoms with Gasteiger partial charge in [0.25, 0.3) is 0 Å². The van der Waals surface area contributed by atoms with E-state index in [4.69, 9.17) is 14.2 Å². The fourth-order valence-corrected chi connectivity index (χ4v) is 4.86. The Labute approximate surface area is 270 Å². The van der Waals surface area contributed by atoms with Gasteiger partial charge in [0.15, 0.2) is 23.0 Å². The van der Waals surface area contributed by atoms with Crippen LogP contribution in [0.4, 0.5) is 21.0 Å². The molecule has 9 nitrogen and oxygen atoms in total. The predicted octanol–water partition coefficient (Wildman–Crippen LogP) is 9.45. The van der Waals surface area contributed by atoms with Crippen molar-refractivity contribution in [2.45, 2.75) is 0 Å². The third-order valence-electron chi connectivity index (χ3n) is 7.00. The third-order valence-corrected chi connectivity index (χ3v) is 7.00. The third kappa shape index (κ3) is 7.16. The van der Waals surface area contributed by atoms with E-state index in [1.54, 1.807) is 121 Å². The highest BCUT2D eigenvalue weighted by atomic mass is 16.6. The molecule has 4 N–H and O–H groups in total. The summed E-state index contributed by atoms with van der Waals surface area (Å²) in [6.45, 7) is 0. The maximum absolute atomic E-state index is 13.2. The van der Waals surface area contributed by atoms with Crippen molar-refractivity contribution in [2.24, 2.45) is 0 Å². The van der Waals surface area contributed by atoms with Crippen LogP contribution in [0.5, 0.6) is 34.5 Å². The van der Waals surface area contributed by atoms with Gasteiger partial charge in [0.05, 0.1) is 0 Å². The number of phenolic OH excluding ortho intramolecular Hbond substituents is 2. The summed E-state index contributed by atoms with van der Waals surface area (Å²) in [6, 6.07) is 40.6. The SMILES string of the molecule is O=C(Nc1ccccc1)Oc1c(Oc2cccc(-c3ccccc3O)c2OC(=O)Nc2ccccc2)cccc1-c1ccccc1O. The van der Waals surface area contributed by atoms with E-state index in [0.717, 1.165) is 0 Å². The van der Waals surface area contributed by atoms with Gasteiger partial charge < -0.3 is 24.4 Å². The number of rotatable bonds is 8. The molecule has 0 radical (unpaired) electrons. The molecule has 0 spiro atoms. The Balaban J connectivity index is 1.43. The molecule has 232 valence electrons. The maximum Gasteiger partial charge on any atom is 0.417 e. The zero-order valence-electron chi connectivity index (χ0n) is 24.8. The summed E-state index contributed by atoms with van der Waals surface area (Å²) in [4.78, 5) is 26.3. The fourth-order valence-electron chi connectivity index (χ4n) is 4.86. The van der Waals surface area contributed by atoms with Crippen LogP contribution in [0.15, 0.2) is 146 Å². The molecule has 9 heteroatoms. The first-order chi connectivity index (χ1) is 23.0. The van der Waals surface area contributed by atoms with Crippen LogP contribution >= 0.6 is 0 Å². The molecule has 0 unspecified atom stereocenters. The van der Waals surface area contributed by atoms with Crippen molar-refractivity contribution in [1.82, 2.24) is 0 Å². The molecule has 6 aromatic rings. The number of carbonyl (C=O) groups excluding carboxylic acids is 2. The Bertz CT molecular complexity index is 1890. The standard InChI is InChI=1S/C38H28N2O7/c41-31-21-9-7-17-27(31)29-19-11-23-33(35(29)46-37(43)39-25-13-3-1-4-14-25)45-34-24-12-20-30(28-18-8-10-22-32(28)42)36(34)47-38(44)40-26-15-5-2-6-16-26/h1-24,41-42H,(H,39,43)(H,40,44). The van der Waals surface area contributed by atoms with E-state index in [9.17, 15) is 19.8 Å². The van der Waals surface area contributed by atoms with Gasteiger partial charge in [0, 0.05) is 33.6 Å². The molecule has 0 aromatic heterocycles. The number of aromatic hydroxyl groups is 2. The lowest BCUT2D eigenvalue weighted by Gasteiger charge is -2.19. The molecule has 2 amide bonds. The van der Waals surface area contributed by atoms with E-state index in [1.165, 1.54) is 12.1 Å². The molecule has 0 atom stereocenters. The lowest BCUT2D eigenvalue weighted by atomic mass is 10.0. The predicted molar refractivity (Wildman–Crippen MR) is 179 cm³/mol. The number of carbonyl (C=O) groups is 2. The zero-order chi connectivity index (χ0) is 32.6. The van der Waals surface area contributed by atoms with Crippen molar-refractivity contribution in [3.05, 3.63) is 146 Å². The largest absolute Gasteiger partial charge is 0.507 e. The van der Waals surface area contributed by atoms with E-state index in [1.807, 2.05) is 12.1 Å². The van der Waals surface area contributed by atoms with Crippen LogP contribution in [0.2, 0.25) is 0 Å². The molecule has 47 heavy (non-hydrogen) atoms. The molecule has 6 rings (SSSR count). The van der Waals surface area contributed by atoms with Gasteiger partial charge >= 0.3 is 12.2 Å². The van der Waals surface area contributed by atoms with Crippen molar-refractivity contribution in [3.8, 4) is 56.8 Å². The van der Waals surface area contributed by atoms with Crippen LogP contribution in [-0.2, 0) is 0 Å². The topological polar surface area (TPSA) is 126 Å². The summed E-state index contributed by atoms with van der Waals surface area (Å²) in [5.41, 5.74) is 2.53. The number of phenols is 2.